The number of hydrogen-bond acceptors (Lipinski definition) is 4. The number of hydroxylamine groups is 1. The second-order valence-electron chi connectivity index (χ2n) is 6.71. The van der Waals surface area contributed by atoms with E-state index in [0.717, 1.165) is 5.56 Å². The van der Waals surface area contributed by atoms with Gasteiger partial charge in [-0.25, -0.2) is 10.3 Å². The number of carbonyl (C=O) groups is 3. The minimum atomic E-state index is -0.950. The summed E-state index contributed by atoms with van der Waals surface area (Å²) in [5.74, 6) is -1.20. The first-order valence-electron chi connectivity index (χ1n) is 9.57. The van der Waals surface area contributed by atoms with Crippen LogP contribution in [0.25, 0.3) is 0 Å². The largest absolute Gasteiger partial charge is 0.340 e. The second-order valence-corrected chi connectivity index (χ2v) is 6.71. The van der Waals surface area contributed by atoms with Crippen LogP contribution in [0.3, 0.4) is 0 Å². The van der Waals surface area contributed by atoms with Crippen molar-refractivity contribution in [1.82, 2.24) is 10.8 Å². The summed E-state index contributed by atoms with van der Waals surface area (Å²) in [4.78, 5) is 36.6. The summed E-state index contributed by atoms with van der Waals surface area (Å²) in [6.07, 6.45) is 0.221. The molecule has 8 heteroatoms. The Hall–Kier alpha value is -4.17. The van der Waals surface area contributed by atoms with Gasteiger partial charge in [0.15, 0.2) is 0 Å². The van der Waals surface area contributed by atoms with Gasteiger partial charge in [0, 0.05) is 23.4 Å². The quantitative estimate of drug-likeness (QED) is 0.299. The molecule has 3 rings (SSSR count). The number of nitrogens with one attached hydrogen (secondary N) is 4. The van der Waals surface area contributed by atoms with E-state index in [0.29, 0.717) is 16.9 Å². The maximum Gasteiger partial charge on any atom is 0.323 e. The fourth-order valence-corrected chi connectivity index (χ4v) is 2.90. The van der Waals surface area contributed by atoms with Crippen LogP contribution in [0.15, 0.2) is 84.9 Å². The fraction of sp³-hybridized carbons (Fsp3) is 0.0870. The van der Waals surface area contributed by atoms with E-state index in [1.165, 1.54) is 12.1 Å². The summed E-state index contributed by atoms with van der Waals surface area (Å²) in [5.41, 5.74) is 3.88. The second kappa shape index (κ2) is 10.6. The molecule has 0 spiro atoms. The van der Waals surface area contributed by atoms with Gasteiger partial charge in [-0.1, -0.05) is 48.5 Å². The van der Waals surface area contributed by atoms with E-state index in [9.17, 15) is 14.4 Å². The Morgan fingerprint density at radius 3 is 1.87 bits per heavy atom. The number of amides is 4. The van der Waals surface area contributed by atoms with Crippen molar-refractivity contribution in [2.24, 2.45) is 0 Å². The summed E-state index contributed by atoms with van der Waals surface area (Å²) in [7, 11) is 0. The summed E-state index contributed by atoms with van der Waals surface area (Å²) < 4.78 is 0. The average Bonchev–Trinajstić information content (AvgIpc) is 2.79. The predicted molar refractivity (Wildman–Crippen MR) is 117 cm³/mol. The average molecular weight is 418 g/mol. The zero-order chi connectivity index (χ0) is 22.1. The first kappa shape index (κ1) is 21.5. The van der Waals surface area contributed by atoms with Gasteiger partial charge in [0.2, 0.25) is 0 Å². The molecule has 158 valence electrons. The Bertz CT molecular complexity index is 1020. The highest BCUT2D eigenvalue weighted by molar-refractivity contribution is 6.01. The van der Waals surface area contributed by atoms with E-state index in [-0.39, 0.29) is 6.42 Å². The summed E-state index contributed by atoms with van der Waals surface area (Å²) in [6, 6.07) is 23.0. The highest BCUT2D eigenvalue weighted by Gasteiger charge is 2.21. The molecular weight excluding hydrogens is 396 g/mol. The standard InChI is InChI=1S/C23H22N4O4/c28-21(26-20(22(29)27-31)15-16-7-3-1-4-8-16)17-11-13-19(14-12-17)25-23(30)24-18-9-5-2-6-10-18/h1-14,20,31H,15H2,(H,26,28)(H,27,29)(H2,24,25,30)/t20-/m0/s1. The minimum absolute atomic E-state index is 0.221. The van der Waals surface area contributed by atoms with Gasteiger partial charge in [-0.15, -0.1) is 0 Å². The van der Waals surface area contributed by atoms with Crippen LogP contribution in [0.5, 0.6) is 0 Å². The van der Waals surface area contributed by atoms with Crippen LogP contribution in [0.1, 0.15) is 15.9 Å². The van der Waals surface area contributed by atoms with Crippen molar-refractivity contribution in [3.8, 4) is 0 Å². The van der Waals surface area contributed by atoms with Gasteiger partial charge in [0.1, 0.15) is 6.04 Å². The normalized spacial score (nSPS) is 11.1. The van der Waals surface area contributed by atoms with Crippen LogP contribution in [-0.4, -0.2) is 29.1 Å². The van der Waals surface area contributed by atoms with Crippen molar-refractivity contribution in [1.29, 1.82) is 0 Å². The number of hydrogen-bond donors (Lipinski definition) is 5. The van der Waals surface area contributed by atoms with Crippen molar-refractivity contribution in [3.05, 3.63) is 96.1 Å². The third-order valence-electron chi connectivity index (χ3n) is 4.45. The summed E-state index contributed by atoms with van der Waals surface area (Å²) in [5, 5.41) is 17.0. The SMILES string of the molecule is O=C(Nc1ccccc1)Nc1ccc(C(=O)N[C@@H](Cc2ccccc2)C(=O)NO)cc1. The third-order valence-corrected chi connectivity index (χ3v) is 4.45. The summed E-state index contributed by atoms with van der Waals surface area (Å²) >= 11 is 0. The van der Waals surface area contributed by atoms with Gasteiger partial charge >= 0.3 is 6.03 Å². The fourth-order valence-electron chi connectivity index (χ4n) is 2.90. The first-order chi connectivity index (χ1) is 15.0. The van der Waals surface area contributed by atoms with Gasteiger partial charge in [-0.3, -0.25) is 14.8 Å². The number of anilines is 2. The maximum absolute atomic E-state index is 12.6. The Morgan fingerprint density at radius 1 is 0.742 bits per heavy atom. The van der Waals surface area contributed by atoms with Gasteiger partial charge in [0.25, 0.3) is 11.8 Å². The van der Waals surface area contributed by atoms with E-state index >= 15 is 0 Å². The van der Waals surface area contributed by atoms with Crippen LogP contribution in [0, 0.1) is 0 Å². The Morgan fingerprint density at radius 2 is 1.29 bits per heavy atom. The Kier molecular flexibility index (Phi) is 7.34. The van der Waals surface area contributed by atoms with Crippen molar-refractivity contribution >= 4 is 29.2 Å². The van der Waals surface area contributed by atoms with Crippen LogP contribution in [0.2, 0.25) is 0 Å². The van der Waals surface area contributed by atoms with E-state index in [1.807, 2.05) is 48.5 Å². The van der Waals surface area contributed by atoms with Gasteiger partial charge < -0.3 is 16.0 Å². The summed E-state index contributed by atoms with van der Waals surface area (Å²) in [6.45, 7) is 0. The zero-order valence-corrected chi connectivity index (χ0v) is 16.5. The molecule has 0 bridgehead atoms. The molecule has 0 saturated heterocycles. The topological polar surface area (TPSA) is 120 Å². The van der Waals surface area contributed by atoms with E-state index in [4.69, 9.17) is 5.21 Å². The lowest BCUT2D eigenvalue weighted by Gasteiger charge is -2.17. The molecule has 4 amide bonds. The van der Waals surface area contributed by atoms with Gasteiger partial charge in [-0.05, 0) is 42.0 Å². The molecule has 0 radical (unpaired) electrons. The highest BCUT2D eigenvalue weighted by Crippen LogP contribution is 2.12. The third kappa shape index (κ3) is 6.41. The minimum Gasteiger partial charge on any atom is -0.340 e. The molecule has 0 aromatic heterocycles. The van der Waals surface area contributed by atoms with E-state index < -0.39 is 23.9 Å². The van der Waals surface area contributed by atoms with Crippen molar-refractivity contribution in [2.75, 3.05) is 10.6 Å². The van der Waals surface area contributed by atoms with Crippen LogP contribution >= 0.6 is 0 Å². The van der Waals surface area contributed by atoms with E-state index in [1.54, 1.807) is 29.7 Å². The first-order valence-corrected chi connectivity index (χ1v) is 9.57. The molecule has 3 aromatic rings. The molecule has 1 atom stereocenters. The maximum atomic E-state index is 12.6. The molecular formula is C23H22N4O4. The molecule has 0 fully saturated rings. The number of para-hydroxylation sites is 1. The lowest BCUT2D eigenvalue weighted by Crippen LogP contribution is -2.47. The molecule has 5 N–H and O–H groups in total. The monoisotopic (exact) mass is 418 g/mol. The highest BCUT2D eigenvalue weighted by atomic mass is 16.5. The lowest BCUT2D eigenvalue weighted by molar-refractivity contribution is -0.131. The Labute approximate surface area is 179 Å². The van der Waals surface area contributed by atoms with Crippen LogP contribution in [0.4, 0.5) is 16.2 Å². The van der Waals surface area contributed by atoms with Crippen LogP contribution < -0.4 is 21.4 Å². The van der Waals surface area contributed by atoms with Gasteiger partial charge in [0.05, 0.1) is 0 Å². The number of carbonyl (C=O) groups excluding carboxylic acids is 3. The van der Waals surface area contributed by atoms with Gasteiger partial charge in [-0.2, -0.15) is 0 Å². The smallest absolute Gasteiger partial charge is 0.323 e. The van der Waals surface area contributed by atoms with Crippen molar-refractivity contribution in [2.45, 2.75) is 12.5 Å². The number of rotatable bonds is 7. The molecule has 0 aliphatic heterocycles. The predicted octanol–water partition coefficient (Wildman–Crippen LogP) is 3.18. The molecule has 0 aliphatic rings. The molecule has 8 nitrogen and oxygen atoms in total. The molecule has 0 aliphatic carbocycles. The number of benzene rings is 3. The molecule has 0 heterocycles. The van der Waals surface area contributed by atoms with Crippen molar-refractivity contribution < 1.29 is 19.6 Å². The molecule has 31 heavy (non-hydrogen) atoms. The Balaban J connectivity index is 1.60. The van der Waals surface area contributed by atoms with Crippen molar-refractivity contribution in [3.63, 3.8) is 0 Å². The van der Waals surface area contributed by atoms with E-state index in [2.05, 4.69) is 16.0 Å². The molecule has 0 saturated carbocycles. The van der Waals surface area contributed by atoms with Crippen LogP contribution in [-0.2, 0) is 11.2 Å². The zero-order valence-electron chi connectivity index (χ0n) is 16.5. The lowest BCUT2D eigenvalue weighted by atomic mass is 10.0. The molecule has 0 unspecified atom stereocenters. The number of urea groups is 1. The molecule has 3 aromatic carbocycles.